The van der Waals surface area contributed by atoms with E-state index in [2.05, 4.69) is 16.3 Å². The molecule has 134 valence electrons. The monoisotopic (exact) mass is 342 g/mol. The number of nitrogens with one attached hydrogen (secondary N) is 1. The standard InChI is InChI=1S/C20H26N2O3/c1-15-19(8-11-25-15)20(24)21-9-7-16-5-3-10-22(13-16)14-17-4-2-6-18(23)12-17/h2,4,6,8,11-12,16,23H,3,5,7,9-10,13-14H2,1H3,(H,21,24). The Bertz CT molecular complexity index is 710. The van der Waals surface area contributed by atoms with Gasteiger partial charge in [-0.25, -0.2) is 0 Å². The fourth-order valence-electron chi connectivity index (χ4n) is 3.55. The molecule has 5 nitrogen and oxygen atoms in total. The molecule has 1 amide bonds. The van der Waals surface area contributed by atoms with Gasteiger partial charge in [-0.2, -0.15) is 0 Å². The lowest BCUT2D eigenvalue weighted by molar-refractivity contribution is 0.0945. The van der Waals surface area contributed by atoms with Crippen molar-refractivity contribution in [2.75, 3.05) is 19.6 Å². The molecule has 0 spiro atoms. The van der Waals surface area contributed by atoms with Crippen molar-refractivity contribution in [1.82, 2.24) is 10.2 Å². The highest BCUT2D eigenvalue weighted by Crippen LogP contribution is 2.22. The average Bonchev–Trinajstić information content (AvgIpc) is 3.01. The molecule has 2 N–H and O–H groups in total. The van der Waals surface area contributed by atoms with E-state index >= 15 is 0 Å². The number of hydrogen-bond donors (Lipinski definition) is 2. The summed E-state index contributed by atoms with van der Waals surface area (Å²) in [6, 6.07) is 9.18. The van der Waals surface area contributed by atoms with Crippen LogP contribution in [0.5, 0.6) is 5.75 Å². The third-order valence-electron chi connectivity index (χ3n) is 4.86. The first-order valence-corrected chi connectivity index (χ1v) is 8.94. The van der Waals surface area contributed by atoms with Gasteiger partial charge in [-0.15, -0.1) is 0 Å². The minimum atomic E-state index is -0.0568. The van der Waals surface area contributed by atoms with Crippen LogP contribution in [-0.2, 0) is 6.54 Å². The molecular formula is C20H26N2O3. The van der Waals surface area contributed by atoms with Gasteiger partial charge in [-0.05, 0) is 62.4 Å². The van der Waals surface area contributed by atoms with Crippen LogP contribution in [0.4, 0.5) is 0 Å². The van der Waals surface area contributed by atoms with Gasteiger partial charge in [0, 0.05) is 19.6 Å². The molecular weight excluding hydrogens is 316 g/mol. The summed E-state index contributed by atoms with van der Waals surface area (Å²) >= 11 is 0. The highest BCUT2D eigenvalue weighted by atomic mass is 16.3. The van der Waals surface area contributed by atoms with Crippen molar-refractivity contribution in [2.45, 2.75) is 32.7 Å². The molecule has 0 radical (unpaired) electrons. The summed E-state index contributed by atoms with van der Waals surface area (Å²) in [5.74, 6) is 1.52. The number of aromatic hydroxyl groups is 1. The maximum atomic E-state index is 12.1. The predicted octanol–water partition coefficient (Wildman–Crippen LogP) is 3.33. The molecule has 1 unspecified atom stereocenters. The fourth-order valence-corrected chi connectivity index (χ4v) is 3.55. The second-order valence-electron chi connectivity index (χ2n) is 6.85. The molecule has 2 aromatic rings. The number of nitrogens with zero attached hydrogens (tertiary/aromatic N) is 1. The topological polar surface area (TPSA) is 65.7 Å². The number of furan rings is 1. The van der Waals surface area contributed by atoms with Crippen molar-refractivity contribution in [3.8, 4) is 5.75 Å². The van der Waals surface area contributed by atoms with E-state index in [0.717, 1.165) is 31.6 Å². The molecule has 2 heterocycles. The molecule has 1 aliphatic rings. The van der Waals surface area contributed by atoms with Gasteiger partial charge in [-0.3, -0.25) is 9.69 Å². The van der Waals surface area contributed by atoms with Gasteiger partial charge in [0.1, 0.15) is 11.5 Å². The summed E-state index contributed by atoms with van der Waals surface area (Å²) in [5, 5.41) is 12.6. The zero-order chi connectivity index (χ0) is 17.6. The predicted molar refractivity (Wildman–Crippen MR) is 96.5 cm³/mol. The van der Waals surface area contributed by atoms with Gasteiger partial charge < -0.3 is 14.8 Å². The number of phenols is 1. The van der Waals surface area contributed by atoms with Crippen molar-refractivity contribution < 1.29 is 14.3 Å². The molecule has 0 aliphatic carbocycles. The van der Waals surface area contributed by atoms with Crippen molar-refractivity contribution >= 4 is 5.91 Å². The summed E-state index contributed by atoms with van der Waals surface area (Å²) in [4.78, 5) is 14.5. The Kier molecular flexibility index (Phi) is 5.76. The average molecular weight is 342 g/mol. The Hall–Kier alpha value is -2.27. The number of rotatable bonds is 6. The number of aryl methyl sites for hydroxylation is 1. The quantitative estimate of drug-likeness (QED) is 0.845. The molecule has 1 aliphatic heterocycles. The minimum Gasteiger partial charge on any atom is -0.508 e. The number of phenolic OH excluding ortho intramolecular Hbond substituents is 1. The molecule has 1 saturated heterocycles. The summed E-state index contributed by atoms with van der Waals surface area (Å²) < 4.78 is 5.18. The number of amides is 1. The number of carbonyl (C=O) groups excluding carboxylic acids is 1. The molecule has 25 heavy (non-hydrogen) atoms. The van der Waals surface area contributed by atoms with E-state index < -0.39 is 0 Å². The van der Waals surface area contributed by atoms with E-state index in [-0.39, 0.29) is 5.91 Å². The van der Waals surface area contributed by atoms with Crippen molar-refractivity contribution in [3.05, 3.63) is 53.5 Å². The third kappa shape index (κ3) is 4.86. The first kappa shape index (κ1) is 17.5. The van der Waals surface area contributed by atoms with E-state index in [1.54, 1.807) is 25.3 Å². The van der Waals surface area contributed by atoms with Crippen molar-refractivity contribution in [2.24, 2.45) is 5.92 Å². The molecule has 0 saturated carbocycles. The molecule has 3 rings (SSSR count). The molecule has 5 heteroatoms. The molecule has 1 atom stereocenters. The van der Waals surface area contributed by atoms with Gasteiger partial charge in [-0.1, -0.05) is 12.1 Å². The smallest absolute Gasteiger partial charge is 0.254 e. The van der Waals surface area contributed by atoms with E-state index in [4.69, 9.17) is 4.42 Å². The lowest BCUT2D eigenvalue weighted by atomic mass is 9.94. The van der Waals surface area contributed by atoms with Crippen LogP contribution in [0.15, 0.2) is 41.0 Å². The Morgan fingerprint density at radius 3 is 3.04 bits per heavy atom. The Morgan fingerprint density at radius 2 is 2.28 bits per heavy atom. The van der Waals surface area contributed by atoms with Crippen molar-refractivity contribution in [3.63, 3.8) is 0 Å². The normalized spacial score (nSPS) is 18.2. The minimum absolute atomic E-state index is 0.0568. The van der Waals surface area contributed by atoms with Gasteiger partial charge in [0.25, 0.3) is 5.91 Å². The summed E-state index contributed by atoms with van der Waals surface area (Å²) in [6.45, 7) is 5.48. The van der Waals surface area contributed by atoms with Gasteiger partial charge in [0.05, 0.1) is 11.8 Å². The highest BCUT2D eigenvalue weighted by Gasteiger charge is 2.20. The summed E-state index contributed by atoms with van der Waals surface area (Å²) in [5.41, 5.74) is 1.76. The van der Waals surface area contributed by atoms with E-state index in [0.29, 0.717) is 29.5 Å². The van der Waals surface area contributed by atoms with E-state index in [1.807, 2.05) is 12.1 Å². The largest absolute Gasteiger partial charge is 0.508 e. The summed E-state index contributed by atoms with van der Waals surface area (Å²) in [6.07, 6.45) is 4.92. The first-order chi connectivity index (χ1) is 12.1. The van der Waals surface area contributed by atoms with Gasteiger partial charge in [0.15, 0.2) is 0 Å². The van der Waals surface area contributed by atoms with Crippen LogP contribution in [0.25, 0.3) is 0 Å². The maximum absolute atomic E-state index is 12.1. The second-order valence-corrected chi connectivity index (χ2v) is 6.85. The Morgan fingerprint density at radius 1 is 1.40 bits per heavy atom. The number of likely N-dealkylation sites (tertiary alicyclic amines) is 1. The van der Waals surface area contributed by atoms with Gasteiger partial charge in [0.2, 0.25) is 0 Å². The van der Waals surface area contributed by atoms with Crippen LogP contribution < -0.4 is 5.32 Å². The van der Waals surface area contributed by atoms with Gasteiger partial charge >= 0.3 is 0 Å². The molecule has 1 fully saturated rings. The number of carbonyl (C=O) groups is 1. The third-order valence-corrected chi connectivity index (χ3v) is 4.86. The van der Waals surface area contributed by atoms with Crippen LogP contribution in [0.2, 0.25) is 0 Å². The maximum Gasteiger partial charge on any atom is 0.254 e. The number of benzene rings is 1. The fraction of sp³-hybridized carbons (Fsp3) is 0.450. The molecule has 1 aromatic carbocycles. The van der Waals surface area contributed by atoms with Crippen LogP contribution in [-0.4, -0.2) is 35.5 Å². The molecule has 1 aromatic heterocycles. The Balaban J connectivity index is 1.44. The zero-order valence-electron chi connectivity index (χ0n) is 14.7. The van der Waals surface area contributed by atoms with Crippen LogP contribution in [0, 0.1) is 12.8 Å². The lowest BCUT2D eigenvalue weighted by Gasteiger charge is -2.32. The van der Waals surface area contributed by atoms with Crippen molar-refractivity contribution in [1.29, 1.82) is 0 Å². The first-order valence-electron chi connectivity index (χ1n) is 8.94. The lowest BCUT2D eigenvalue weighted by Crippen LogP contribution is -2.36. The highest BCUT2D eigenvalue weighted by molar-refractivity contribution is 5.94. The van der Waals surface area contributed by atoms with Crippen LogP contribution in [0.1, 0.15) is 40.9 Å². The zero-order valence-corrected chi connectivity index (χ0v) is 14.7. The van der Waals surface area contributed by atoms with Crippen LogP contribution in [0.3, 0.4) is 0 Å². The number of piperidine rings is 1. The van der Waals surface area contributed by atoms with E-state index in [1.165, 1.54) is 12.8 Å². The second kappa shape index (κ2) is 8.21. The van der Waals surface area contributed by atoms with Crippen LogP contribution >= 0.6 is 0 Å². The van der Waals surface area contributed by atoms with E-state index in [9.17, 15) is 9.90 Å². The Labute approximate surface area is 148 Å². The SMILES string of the molecule is Cc1occc1C(=O)NCCC1CCCN(Cc2cccc(O)c2)C1. The summed E-state index contributed by atoms with van der Waals surface area (Å²) in [7, 11) is 0. The number of hydrogen-bond acceptors (Lipinski definition) is 4. The molecule has 0 bridgehead atoms.